The molecule has 0 aliphatic carbocycles. The van der Waals surface area contributed by atoms with Gasteiger partial charge in [0.2, 0.25) is 0 Å². The molecule has 1 fully saturated rings. The third kappa shape index (κ3) is 3.91. The number of likely N-dealkylation sites (tertiary alicyclic amines) is 1. The van der Waals surface area contributed by atoms with Crippen molar-refractivity contribution in [3.05, 3.63) is 15.4 Å². The number of sulfonamides is 1. The molecule has 0 spiro atoms. The van der Waals surface area contributed by atoms with Crippen LogP contribution in [0.25, 0.3) is 0 Å². The minimum atomic E-state index is -3.61. The van der Waals surface area contributed by atoms with E-state index >= 15 is 0 Å². The van der Waals surface area contributed by atoms with Gasteiger partial charge in [-0.15, -0.1) is 0 Å². The van der Waals surface area contributed by atoms with E-state index < -0.39 is 10.0 Å². The van der Waals surface area contributed by atoms with Gasteiger partial charge in [-0.05, 0) is 39.8 Å². The van der Waals surface area contributed by atoms with Gasteiger partial charge in [0.15, 0.2) is 4.21 Å². The van der Waals surface area contributed by atoms with Gasteiger partial charge in [0.1, 0.15) is 0 Å². The summed E-state index contributed by atoms with van der Waals surface area (Å²) in [7, 11) is -3.61. The highest BCUT2D eigenvalue weighted by Crippen LogP contribution is 2.16. The van der Waals surface area contributed by atoms with E-state index in [4.69, 9.17) is 0 Å². The number of aryl methyl sites for hydroxylation is 1. The Bertz CT molecular complexity index is 600. The molecule has 6 nitrogen and oxygen atoms in total. The first-order valence-corrected chi connectivity index (χ1v) is 9.13. The molecule has 1 aromatic rings. The third-order valence-corrected chi connectivity index (χ3v) is 6.56. The molecule has 8 heteroatoms. The molecule has 2 N–H and O–H groups in total. The van der Waals surface area contributed by atoms with Crippen molar-refractivity contribution in [2.45, 2.75) is 43.4 Å². The molecule has 1 unspecified atom stereocenters. The van der Waals surface area contributed by atoms with Crippen LogP contribution in [0.2, 0.25) is 0 Å². The Hall–Kier alpha value is -0.700. The summed E-state index contributed by atoms with van der Waals surface area (Å²) >= 11 is 0.734. The summed E-state index contributed by atoms with van der Waals surface area (Å²) in [4.78, 5) is 15.7. The molecule has 1 atom stereocenters. The van der Waals surface area contributed by atoms with Crippen LogP contribution >= 0.6 is 11.3 Å². The van der Waals surface area contributed by atoms with Gasteiger partial charge < -0.3 is 9.88 Å². The fraction of sp³-hybridized carbons (Fsp3) is 0.750. The summed E-state index contributed by atoms with van der Waals surface area (Å²) in [6.07, 6.45) is 3.61. The van der Waals surface area contributed by atoms with Crippen LogP contribution in [0.4, 0.5) is 0 Å². The minimum absolute atomic E-state index is 0.0907. The number of aromatic nitrogens is 1. The largest absolute Gasteiger partial charge is 0.315 e. The molecule has 1 aliphatic heterocycles. The maximum Gasteiger partial charge on any atom is 0.305 e. The second kappa shape index (κ2) is 6.38. The average Bonchev–Trinajstić information content (AvgIpc) is 2.69. The van der Waals surface area contributed by atoms with Crippen molar-refractivity contribution in [3.8, 4) is 0 Å². The monoisotopic (exact) mass is 319 g/mol. The van der Waals surface area contributed by atoms with Gasteiger partial charge in [-0.1, -0.05) is 17.8 Å². The Morgan fingerprint density at radius 2 is 2.00 bits per heavy atom. The van der Waals surface area contributed by atoms with Crippen LogP contribution < -0.4 is 9.60 Å². The summed E-state index contributed by atoms with van der Waals surface area (Å²) in [5.74, 6) is 0. The molecule has 0 saturated carbocycles. The number of aromatic amines is 1. The first-order valence-electron chi connectivity index (χ1n) is 6.83. The number of nitrogens with one attached hydrogen (secondary N) is 2. The standard InChI is InChI=1S/C12H21N3O3S2/c1-9(8-15-6-4-3-5-7-15)14-20(17,18)11-10(2)13-12(16)19-11/h9,14H,3-8H2,1-2H3,(H,13,16). The van der Waals surface area contributed by atoms with Crippen molar-refractivity contribution in [2.24, 2.45) is 0 Å². The van der Waals surface area contributed by atoms with Gasteiger partial charge in [-0.25, -0.2) is 13.1 Å². The van der Waals surface area contributed by atoms with Gasteiger partial charge in [0, 0.05) is 18.3 Å². The van der Waals surface area contributed by atoms with Gasteiger partial charge in [-0.2, -0.15) is 0 Å². The molecule has 0 aromatic carbocycles. The molecule has 2 rings (SSSR count). The van der Waals surface area contributed by atoms with E-state index in [0.717, 1.165) is 24.4 Å². The first kappa shape index (κ1) is 15.7. The fourth-order valence-corrected chi connectivity index (χ4v) is 5.08. The van der Waals surface area contributed by atoms with Crippen LogP contribution in [-0.2, 0) is 10.0 Å². The number of hydrogen-bond acceptors (Lipinski definition) is 5. The molecule has 0 radical (unpaired) electrons. The van der Waals surface area contributed by atoms with Crippen molar-refractivity contribution < 1.29 is 8.42 Å². The Kier molecular flexibility index (Phi) is 5.00. The topological polar surface area (TPSA) is 82.3 Å². The van der Waals surface area contributed by atoms with Crippen molar-refractivity contribution >= 4 is 21.4 Å². The van der Waals surface area contributed by atoms with Gasteiger partial charge in [0.05, 0.1) is 0 Å². The smallest absolute Gasteiger partial charge is 0.305 e. The fourth-order valence-electron chi connectivity index (χ4n) is 2.53. The summed E-state index contributed by atoms with van der Waals surface area (Å²) in [6, 6.07) is -0.172. The van der Waals surface area contributed by atoms with E-state index in [-0.39, 0.29) is 15.1 Å². The third-order valence-electron chi connectivity index (χ3n) is 3.36. The van der Waals surface area contributed by atoms with Crippen molar-refractivity contribution in [1.82, 2.24) is 14.6 Å². The summed E-state index contributed by atoms with van der Waals surface area (Å²) in [5.41, 5.74) is 0.401. The summed E-state index contributed by atoms with van der Waals surface area (Å²) in [5, 5.41) is 0. The van der Waals surface area contributed by atoms with E-state index in [1.165, 1.54) is 19.3 Å². The molecule has 0 bridgehead atoms. The number of H-pyrrole nitrogens is 1. The zero-order chi connectivity index (χ0) is 14.8. The van der Waals surface area contributed by atoms with Crippen LogP contribution in [0.15, 0.2) is 9.00 Å². The quantitative estimate of drug-likeness (QED) is 0.845. The highest BCUT2D eigenvalue weighted by atomic mass is 32.2. The second-order valence-electron chi connectivity index (χ2n) is 5.31. The lowest BCUT2D eigenvalue weighted by Crippen LogP contribution is -2.43. The molecule has 114 valence electrons. The number of hydrogen-bond donors (Lipinski definition) is 2. The number of rotatable bonds is 5. The van der Waals surface area contributed by atoms with E-state index in [9.17, 15) is 13.2 Å². The van der Waals surface area contributed by atoms with Crippen LogP contribution in [0.1, 0.15) is 31.9 Å². The van der Waals surface area contributed by atoms with Crippen molar-refractivity contribution in [3.63, 3.8) is 0 Å². The van der Waals surface area contributed by atoms with Crippen LogP contribution in [0, 0.1) is 6.92 Å². The SMILES string of the molecule is Cc1[nH]c(=O)sc1S(=O)(=O)NC(C)CN1CCCCC1. The minimum Gasteiger partial charge on any atom is -0.315 e. The molecule has 2 heterocycles. The molecule has 20 heavy (non-hydrogen) atoms. The van der Waals surface area contributed by atoms with Crippen LogP contribution in [0.3, 0.4) is 0 Å². The normalized spacial score (nSPS) is 19.1. The molecule has 1 saturated heterocycles. The predicted molar refractivity (Wildman–Crippen MR) is 79.8 cm³/mol. The lowest BCUT2D eigenvalue weighted by Gasteiger charge is -2.29. The molecule has 0 amide bonds. The Morgan fingerprint density at radius 3 is 2.55 bits per heavy atom. The van der Waals surface area contributed by atoms with Gasteiger partial charge in [0.25, 0.3) is 10.0 Å². The lowest BCUT2D eigenvalue weighted by molar-refractivity contribution is 0.215. The zero-order valence-corrected chi connectivity index (χ0v) is 13.4. The molecular formula is C12H21N3O3S2. The molecule has 1 aromatic heterocycles. The Morgan fingerprint density at radius 1 is 1.35 bits per heavy atom. The summed E-state index contributed by atoms with van der Waals surface area (Å²) < 4.78 is 27.2. The number of piperidine rings is 1. The highest BCUT2D eigenvalue weighted by Gasteiger charge is 2.24. The molecular weight excluding hydrogens is 298 g/mol. The van der Waals surface area contributed by atoms with E-state index in [1.807, 2.05) is 6.92 Å². The van der Waals surface area contributed by atoms with Gasteiger partial charge >= 0.3 is 4.87 Å². The number of nitrogens with zero attached hydrogens (tertiary/aromatic N) is 1. The van der Waals surface area contributed by atoms with Crippen LogP contribution in [-0.4, -0.2) is 44.0 Å². The molecule has 1 aliphatic rings. The van der Waals surface area contributed by atoms with E-state index in [2.05, 4.69) is 14.6 Å². The second-order valence-corrected chi connectivity index (χ2v) is 8.20. The van der Waals surface area contributed by atoms with Crippen molar-refractivity contribution in [1.29, 1.82) is 0 Å². The number of thiazole rings is 1. The van der Waals surface area contributed by atoms with E-state index in [1.54, 1.807) is 6.92 Å². The predicted octanol–water partition coefficient (Wildman–Crippen LogP) is 0.898. The zero-order valence-electron chi connectivity index (χ0n) is 11.8. The first-order chi connectivity index (χ1) is 9.38. The summed E-state index contributed by atoms with van der Waals surface area (Å²) in [6.45, 7) is 6.22. The maximum absolute atomic E-state index is 12.2. The van der Waals surface area contributed by atoms with Crippen LogP contribution in [0.5, 0.6) is 0 Å². The Labute approximate surface area is 123 Å². The lowest BCUT2D eigenvalue weighted by atomic mass is 10.1. The Balaban J connectivity index is 2.00. The highest BCUT2D eigenvalue weighted by molar-refractivity contribution is 7.91. The average molecular weight is 319 g/mol. The van der Waals surface area contributed by atoms with Crippen molar-refractivity contribution in [2.75, 3.05) is 19.6 Å². The van der Waals surface area contributed by atoms with E-state index in [0.29, 0.717) is 12.2 Å². The maximum atomic E-state index is 12.2. The van der Waals surface area contributed by atoms with Gasteiger partial charge in [-0.3, -0.25) is 4.79 Å².